The van der Waals surface area contributed by atoms with Crippen LogP contribution in [0, 0.1) is 21.3 Å². The number of carbonyl (C=O) groups excluding carboxylic acids is 1. The van der Waals surface area contributed by atoms with Crippen LogP contribution < -0.4 is 10.6 Å². The highest BCUT2D eigenvalue weighted by molar-refractivity contribution is 5.90. The van der Waals surface area contributed by atoms with Crippen molar-refractivity contribution in [2.45, 2.75) is 12.8 Å². The van der Waals surface area contributed by atoms with Crippen LogP contribution >= 0.6 is 0 Å². The van der Waals surface area contributed by atoms with Gasteiger partial charge in [-0.15, -0.1) is 0 Å². The van der Waals surface area contributed by atoms with Crippen LogP contribution in [-0.2, 0) is 4.79 Å². The lowest BCUT2D eigenvalue weighted by Gasteiger charge is -2.12. The number of nitrogens with zero attached hydrogens (tertiary/aromatic N) is 1. The molecule has 0 bridgehead atoms. The Hall–Kier alpha value is -2.71. The third-order valence-corrected chi connectivity index (χ3v) is 3.31. The minimum Gasteiger partial charge on any atom is -0.481 e. The van der Waals surface area contributed by atoms with Crippen molar-refractivity contribution >= 4 is 23.4 Å². The van der Waals surface area contributed by atoms with Crippen LogP contribution in [0.4, 0.5) is 20.6 Å². The van der Waals surface area contributed by atoms with Crippen LogP contribution in [0.1, 0.15) is 12.8 Å². The maximum Gasteiger partial charge on any atom is 0.319 e. The fourth-order valence-electron chi connectivity index (χ4n) is 1.75. The summed E-state index contributed by atoms with van der Waals surface area (Å²) in [5, 5.41) is 23.9. The number of urea groups is 1. The van der Waals surface area contributed by atoms with Gasteiger partial charge in [-0.2, -0.15) is 0 Å². The maximum atomic E-state index is 13.5. The number of carbonyl (C=O) groups is 2. The van der Waals surface area contributed by atoms with Crippen LogP contribution in [0.2, 0.25) is 0 Å². The van der Waals surface area contributed by atoms with Crippen molar-refractivity contribution < 1.29 is 24.0 Å². The predicted octanol–water partition coefficient (Wildman–Crippen LogP) is 1.72. The van der Waals surface area contributed by atoms with Crippen molar-refractivity contribution in [1.82, 2.24) is 5.32 Å². The average molecular weight is 297 g/mol. The molecule has 2 amide bonds. The lowest BCUT2D eigenvalue weighted by atomic mass is 10.1. The van der Waals surface area contributed by atoms with E-state index in [1.165, 1.54) is 0 Å². The van der Waals surface area contributed by atoms with Gasteiger partial charge in [0.1, 0.15) is 0 Å². The van der Waals surface area contributed by atoms with E-state index in [0.29, 0.717) is 18.9 Å². The van der Waals surface area contributed by atoms with Gasteiger partial charge in [-0.1, -0.05) is 0 Å². The fraction of sp³-hybridized carbons (Fsp3) is 0.333. The molecule has 0 aromatic heterocycles. The first-order chi connectivity index (χ1) is 9.84. The molecule has 8 nitrogen and oxygen atoms in total. The molecule has 0 atom stereocenters. The first-order valence-electron chi connectivity index (χ1n) is 6.06. The molecule has 3 N–H and O–H groups in total. The third kappa shape index (κ3) is 3.25. The summed E-state index contributed by atoms with van der Waals surface area (Å²) in [5.74, 6) is -1.93. The summed E-state index contributed by atoms with van der Waals surface area (Å²) in [6.07, 6.45) is 0.961. The Labute approximate surface area is 118 Å². The normalized spacial score (nSPS) is 15.1. The summed E-state index contributed by atoms with van der Waals surface area (Å²) in [6.45, 7) is -0.0528. The minimum atomic E-state index is -0.982. The Morgan fingerprint density at radius 3 is 2.57 bits per heavy atom. The number of nitro benzene ring substituents is 1. The van der Waals surface area contributed by atoms with Gasteiger partial charge in [0.05, 0.1) is 22.1 Å². The zero-order valence-electron chi connectivity index (χ0n) is 10.8. The zero-order chi connectivity index (χ0) is 15.6. The highest BCUT2D eigenvalue weighted by Crippen LogP contribution is 2.45. The van der Waals surface area contributed by atoms with E-state index in [4.69, 9.17) is 5.11 Å². The number of nitrogens with one attached hydrogen (secondary N) is 2. The lowest BCUT2D eigenvalue weighted by molar-refractivity contribution is -0.385. The summed E-state index contributed by atoms with van der Waals surface area (Å²) < 4.78 is 13.5. The van der Waals surface area contributed by atoms with Gasteiger partial charge in [-0.3, -0.25) is 14.9 Å². The second-order valence-corrected chi connectivity index (χ2v) is 4.81. The molecule has 0 radical (unpaired) electrons. The molecule has 21 heavy (non-hydrogen) atoms. The van der Waals surface area contributed by atoms with Crippen LogP contribution in [-0.4, -0.2) is 28.6 Å². The summed E-state index contributed by atoms with van der Waals surface area (Å²) in [6, 6.07) is 2.04. The molecule has 0 spiro atoms. The van der Waals surface area contributed by atoms with Gasteiger partial charge in [0.15, 0.2) is 5.82 Å². The van der Waals surface area contributed by atoms with Gasteiger partial charge in [0.25, 0.3) is 5.69 Å². The topological polar surface area (TPSA) is 122 Å². The predicted molar refractivity (Wildman–Crippen MR) is 69.4 cm³/mol. The summed E-state index contributed by atoms with van der Waals surface area (Å²) in [7, 11) is 0. The Morgan fingerprint density at radius 2 is 2.10 bits per heavy atom. The number of halogens is 1. The van der Waals surface area contributed by atoms with Crippen LogP contribution in [0.25, 0.3) is 0 Å². The molecule has 1 saturated carbocycles. The van der Waals surface area contributed by atoms with Crippen molar-refractivity contribution in [2.75, 3.05) is 11.9 Å². The Kier molecular flexibility index (Phi) is 3.74. The molecule has 1 aromatic rings. The molecule has 1 aliphatic rings. The van der Waals surface area contributed by atoms with Gasteiger partial charge >= 0.3 is 12.0 Å². The number of benzene rings is 1. The van der Waals surface area contributed by atoms with Gasteiger partial charge in [0.2, 0.25) is 0 Å². The fourth-order valence-corrected chi connectivity index (χ4v) is 1.75. The number of hydrogen-bond donors (Lipinski definition) is 3. The lowest BCUT2D eigenvalue weighted by Crippen LogP contribution is -2.37. The molecular weight excluding hydrogens is 285 g/mol. The number of anilines is 1. The minimum absolute atomic E-state index is 0.0528. The number of amides is 2. The van der Waals surface area contributed by atoms with Crippen molar-refractivity contribution in [3.05, 3.63) is 34.1 Å². The second kappa shape index (κ2) is 5.35. The van der Waals surface area contributed by atoms with Crippen molar-refractivity contribution in [3.63, 3.8) is 0 Å². The number of nitro groups is 1. The van der Waals surface area contributed by atoms with Gasteiger partial charge < -0.3 is 15.7 Å². The molecule has 0 saturated heterocycles. The van der Waals surface area contributed by atoms with Gasteiger partial charge in [-0.25, -0.2) is 9.18 Å². The van der Waals surface area contributed by atoms with E-state index in [1.807, 2.05) is 0 Å². The van der Waals surface area contributed by atoms with E-state index in [-0.39, 0.29) is 12.2 Å². The highest BCUT2D eigenvalue weighted by Gasteiger charge is 2.50. The molecular formula is C12H12FN3O5. The van der Waals surface area contributed by atoms with Crippen molar-refractivity contribution in [1.29, 1.82) is 0 Å². The number of rotatable bonds is 5. The SMILES string of the molecule is O=C(NCC1(C(=O)O)CC1)Nc1ccc([N+](=O)[O-])cc1F. The molecule has 0 unspecified atom stereocenters. The van der Waals surface area contributed by atoms with E-state index in [9.17, 15) is 24.1 Å². The molecule has 1 aliphatic carbocycles. The van der Waals surface area contributed by atoms with E-state index < -0.39 is 33.8 Å². The number of non-ortho nitro benzene ring substituents is 1. The Morgan fingerprint density at radius 1 is 1.43 bits per heavy atom. The second-order valence-electron chi connectivity index (χ2n) is 4.81. The average Bonchev–Trinajstić information content (AvgIpc) is 3.20. The number of hydrogen-bond acceptors (Lipinski definition) is 4. The van der Waals surface area contributed by atoms with Crippen LogP contribution in [0.5, 0.6) is 0 Å². The number of aliphatic carboxylic acids is 1. The van der Waals surface area contributed by atoms with Gasteiger partial charge in [0, 0.05) is 12.6 Å². The van der Waals surface area contributed by atoms with Crippen LogP contribution in [0.15, 0.2) is 18.2 Å². The smallest absolute Gasteiger partial charge is 0.319 e. The van der Waals surface area contributed by atoms with Gasteiger partial charge in [-0.05, 0) is 18.9 Å². The number of carboxylic acid groups (broad SMARTS) is 1. The molecule has 2 rings (SSSR count). The Bertz CT molecular complexity index is 615. The molecule has 0 heterocycles. The molecule has 1 aromatic carbocycles. The first kappa shape index (κ1) is 14.7. The van der Waals surface area contributed by atoms with Crippen molar-refractivity contribution in [2.24, 2.45) is 5.41 Å². The standard InChI is InChI=1S/C12H12FN3O5/c13-8-5-7(16(20)21)1-2-9(8)15-11(19)14-6-12(3-4-12)10(17)18/h1-2,5H,3-4,6H2,(H,17,18)(H2,14,15,19). The molecule has 9 heteroatoms. The molecule has 1 fully saturated rings. The van der Waals surface area contributed by atoms with E-state index >= 15 is 0 Å². The van der Waals surface area contributed by atoms with Crippen LogP contribution in [0.3, 0.4) is 0 Å². The van der Waals surface area contributed by atoms with E-state index in [2.05, 4.69) is 10.6 Å². The van der Waals surface area contributed by atoms with E-state index in [1.54, 1.807) is 0 Å². The van der Waals surface area contributed by atoms with Crippen molar-refractivity contribution in [3.8, 4) is 0 Å². The summed E-state index contributed by atoms with van der Waals surface area (Å²) >= 11 is 0. The summed E-state index contributed by atoms with van der Waals surface area (Å²) in [5.41, 5.74) is -1.58. The molecule has 112 valence electrons. The quantitative estimate of drug-likeness (QED) is 0.564. The third-order valence-electron chi connectivity index (χ3n) is 3.31. The number of carboxylic acids is 1. The molecule has 0 aliphatic heterocycles. The largest absolute Gasteiger partial charge is 0.481 e. The Balaban J connectivity index is 1.94. The zero-order valence-corrected chi connectivity index (χ0v) is 10.8. The first-order valence-corrected chi connectivity index (χ1v) is 6.06. The summed E-state index contributed by atoms with van der Waals surface area (Å²) in [4.78, 5) is 32.2. The monoisotopic (exact) mass is 297 g/mol. The maximum absolute atomic E-state index is 13.5. The highest BCUT2D eigenvalue weighted by atomic mass is 19.1. The van der Waals surface area contributed by atoms with E-state index in [0.717, 1.165) is 12.1 Å².